The second-order valence-electron chi connectivity index (χ2n) is 6.08. The Kier molecular flexibility index (Phi) is 5.09. The highest BCUT2D eigenvalue weighted by Gasteiger charge is 2.19. The van der Waals surface area contributed by atoms with Crippen LogP contribution in [0.4, 0.5) is 0 Å². The third-order valence-corrected chi connectivity index (χ3v) is 5.91. The van der Waals surface area contributed by atoms with Gasteiger partial charge in [-0.3, -0.25) is 0 Å². The number of hydrogen-bond donors (Lipinski definition) is 0. The molecule has 0 aliphatic rings. The number of carbonyl (C=O) groups excluding carboxylic acids is 1. The predicted molar refractivity (Wildman–Crippen MR) is 106 cm³/mol. The summed E-state index contributed by atoms with van der Waals surface area (Å²) in [4.78, 5) is 17.7. The highest BCUT2D eigenvalue weighted by atomic mass is 35.5. The lowest BCUT2D eigenvalue weighted by Crippen LogP contribution is -2.04. The maximum Gasteiger partial charge on any atom is 0.348 e. The van der Waals surface area contributed by atoms with Crippen molar-refractivity contribution < 1.29 is 14.1 Å². The monoisotopic (exact) mass is 436 g/mol. The Balaban J connectivity index is 1.59. The molecule has 10 heteroatoms. The average molecular weight is 437 g/mol. The molecule has 1 aromatic carbocycles. The summed E-state index contributed by atoms with van der Waals surface area (Å²) in [6, 6.07) is 7.14. The fraction of sp³-hybridized carbons (Fsp3) is 0.222. The molecule has 0 saturated carbocycles. The summed E-state index contributed by atoms with van der Waals surface area (Å²) >= 11 is 13.9. The summed E-state index contributed by atoms with van der Waals surface area (Å²) in [7, 11) is 0. The van der Waals surface area contributed by atoms with Gasteiger partial charge in [-0.05, 0) is 32.0 Å². The van der Waals surface area contributed by atoms with Crippen molar-refractivity contribution in [2.75, 3.05) is 0 Å². The third kappa shape index (κ3) is 3.63. The molecule has 28 heavy (non-hydrogen) atoms. The number of ether oxygens (including phenoxy) is 1. The standard InChI is InChI=1S/C18H14Cl2N4O3S/c1-9-11-6-15(18(25)26-8-16-21-10(2)23-27-16)28-17(11)24(22-9)7-12-13(19)4-3-5-14(12)20/h3-6H,7-8H2,1-2H3. The van der Waals surface area contributed by atoms with E-state index in [4.69, 9.17) is 32.5 Å². The highest BCUT2D eigenvalue weighted by Crippen LogP contribution is 2.31. The number of rotatable bonds is 5. The first kappa shape index (κ1) is 18.9. The first-order valence-electron chi connectivity index (χ1n) is 8.28. The molecule has 4 rings (SSSR count). The van der Waals surface area contributed by atoms with Gasteiger partial charge in [0.05, 0.1) is 12.2 Å². The molecule has 144 valence electrons. The van der Waals surface area contributed by atoms with Gasteiger partial charge in [-0.1, -0.05) is 34.4 Å². The Morgan fingerprint density at radius 3 is 2.71 bits per heavy atom. The number of benzene rings is 1. The lowest BCUT2D eigenvalue weighted by molar-refractivity contribution is 0.0435. The molecule has 0 saturated heterocycles. The quantitative estimate of drug-likeness (QED) is 0.417. The van der Waals surface area contributed by atoms with E-state index in [1.54, 1.807) is 35.9 Å². The van der Waals surface area contributed by atoms with Crippen LogP contribution in [0, 0.1) is 13.8 Å². The molecule has 7 nitrogen and oxygen atoms in total. The molecular weight excluding hydrogens is 423 g/mol. The molecule has 3 heterocycles. The van der Waals surface area contributed by atoms with Crippen molar-refractivity contribution in [2.45, 2.75) is 27.0 Å². The van der Waals surface area contributed by atoms with Gasteiger partial charge >= 0.3 is 5.97 Å². The molecule has 0 bridgehead atoms. The van der Waals surface area contributed by atoms with Crippen LogP contribution in [0.15, 0.2) is 28.8 Å². The van der Waals surface area contributed by atoms with Gasteiger partial charge in [0.2, 0.25) is 0 Å². The molecular formula is C18H14Cl2N4O3S. The van der Waals surface area contributed by atoms with E-state index >= 15 is 0 Å². The zero-order valence-electron chi connectivity index (χ0n) is 14.9. The number of nitrogens with zero attached hydrogens (tertiary/aromatic N) is 4. The van der Waals surface area contributed by atoms with Crippen LogP contribution in [0.5, 0.6) is 0 Å². The predicted octanol–water partition coefficient (Wildman–Crippen LogP) is 4.81. The fourth-order valence-electron chi connectivity index (χ4n) is 2.75. The van der Waals surface area contributed by atoms with E-state index in [1.165, 1.54) is 11.3 Å². The van der Waals surface area contributed by atoms with Crippen LogP contribution < -0.4 is 0 Å². The molecule has 0 atom stereocenters. The van der Waals surface area contributed by atoms with Gasteiger partial charge in [0.25, 0.3) is 5.89 Å². The van der Waals surface area contributed by atoms with Gasteiger partial charge in [-0.2, -0.15) is 10.1 Å². The van der Waals surface area contributed by atoms with Crippen molar-refractivity contribution in [3.05, 3.63) is 62.2 Å². The molecule has 0 amide bonds. The van der Waals surface area contributed by atoms with Crippen LogP contribution in [-0.4, -0.2) is 25.9 Å². The van der Waals surface area contributed by atoms with Gasteiger partial charge in [-0.25, -0.2) is 9.48 Å². The lowest BCUT2D eigenvalue weighted by atomic mass is 10.2. The normalized spacial score (nSPS) is 11.3. The minimum Gasteiger partial charge on any atom is -0.451 e. The number of hydrogen-bond acceptors (Lipinski definition) is 7. The van der Waals surface area contributed by atoms with Crippen LogP contribution in [0.25, 0.3) is 10.2 Å². The molecule has 0 fully saturated rings. The van der Waals surface area contributed by atoms with Crippen molar-refractivity contribution >= 4 is 50.7 Å². The number of aryl methyl sites for hydroxylation is 2. The van der Waals surface area contributed by atoms with Crippen molar-refractivity contribution in [2.24, 2.45) is 0 Å². The Morgan fingerprint density at radius 2 is 2.04 bits per heavy atom. The van der Waals surface area contributed by atoms with E-state index in [9.17, 15) is 4.79 Å². The third-order valence-electron chi connectivity index (χ3n) is 4.07. The van der Waals surface area contributed by atoms with Crippen molar-refractivity contribution in [1.82, 2.24) is 19.9 Å². The topological polar surface area (TPSA) is 83.0 Å². The fourth-order valence-corrected chi connectivity index (χ4v) is 4.32. The van der Waals surface area contributed by atoms with Gasteiger partial charge in [-0.15, -0.1) is 11.3 Å². The smallest absolute Gasteiger partial charge is 0.348 e. The van der Waals surface area contributed by atoms with E-state index in [1.807, 2.05) is 6.92 Å². The number of aromatic nitrogens is 4. The minimum atomic E-state index is -0.459. The zero-order valence-corrected chi connectivity index (χ0v) is 17.2. The summed E-state index contributed by atoms with van der Waals surface area (Å²) in [5.74, 6) is 0.281. The van der Waals surface area contributed by atoms with Crippen LogP contribution in [0.2, 0.25) is 10.0 Å². The molecule has 0 spiro atoms. The average Bonchev–Trinajstić information content (AvgIpc) is 3.34. The maximum absolute atomic E-state index is 12.4. The van der Waals surface area contributed by atoms with Crippen LogP contribution in [0.1, 0.15) is 32.6 Å². The van der Waals surface area contributed by atoms with Crippen molar-refractivity contribution in [1.29, 1.82) is 0 Å². The van der Waals surface area contributed by atoms with Gasteiger partial charge in [0, 0.05) is 21.0 Å². The molecule has 4 aromatic rings. The summed E-state index contributed by atoms with van der Waals surface area (Å²) < 4.78 is 12.0. The van der Waals surface area contributed by atoms with Gasteiger partial charge in [0.1, 0.15) is 9.71 Å². The second-order valence-corrected chi connectivity index (χ2v) is 7.93. The summed E-state index contributed by atoms with van der Waals surface area (Å²) in [5.41, 5.74) is 1.58. The SMILES string of the molecule is Cc1noc(COC(=O)c2cc3c(C)nn(Cc4c(Cl)cccc4Cl)c3s2)n1. The highest BCUT2D eigenvalue weighted by molar-refractivity contribution is 7.20. The minimum absolute atomic E-state index is 0.0751. The Bertz CT molecular complexity index is 1160. The van der Waals surface area contributed by atoms with E-state index in [2.05, 4.69) is 15.2 Å². The van der Waals surface area contributed by atoms with E-state index < -0.39 is 5.97 Å². The molecule has 3 aromatic heterocycles. The summed E-state index contributed by atoms with van der Waals surface area (Å²) in [6.07, 6.45) is 0. The lowest BCUT2D eigenvalue weighted by Gasteiger charge is -2.07. The Hall–Kier alpha value is -2.42. The van der Waals surface area contributed by atoms with Crippen LogP contribution in [-0.2, 0) is 17.9 Å². The maximum atomic E-state index is 12.4. The summed E-state index contributed by atoms with van der Waals surface area (Å²) in [5, 5.41) is 10.2. The first-order valence-corrected chi connectivity index (χ1v) is 9.85. The van der Waals surface area contributed by atoms with Crippen molar-refractivity contribution in [3.8, 4) is 0 Å². The molecule has 0 unspecified atom stereocenters. The number of esters is 1. The number of thiophene rings is 1. The van der Waals surface area contributed by atoms with Gasteiger partial charge < -0.3 is 9.26 Å². The largest absolute Gasteiger partial charge is 0.451 e. The van der Waals surface area contributed by atoms with E-state index in [0.29, 0.717) is 27.3 Å². The number of fused-ring (bicyclic) bond motifs is 1. The van der Waals surface area contributed by atoms with Crippen LogP contribution >= 0.6 is 34.5 Å². The Morgan fingerprint density at radius 1 is 1.29 bits per heavy atom. The molecule has 0 radical (unpaired) electrons. The van der Waals surface area contributed by atoms with E-state index in [0.717, 1.165) is 21.5 Å². The molecule has 0 N–H and O–H groups in total. The first-order chi connectivity index (χ1) is 13.4. The van der Waals surface area contributed by atoms with Crippen LogP contribution in [0.3, 0.4) is 0 Å². The number of halogens is 2. The molecule has 0 aliphatic heterocycles. The van der Waals surface area contributed by atoms with Gasteiger partial charge in [0.15, 0.2) is 12.4 Å². The van der Waals surface area contributed by atoms with E-state index in [-0.39, 0.29) is 12.5 Å². The van der Waals surface area contributed by atoms with Crippen molar-refractivity contribution in [3.63, 3.8) is 0 Å². The number of carbonyl (C=O) groups is 1. The molecule has 0 aliphatic carbocycles. The summed E-state index contributed by atoms with van der Waals surface area (Å²) in [6.45, 7) is 3.91. The second kappa shape index (κ2) is 7.54. The Labute approximate surface area is 173 Å². The zero-order chi connectivity index (χ0) is 19.8.